The highest BCUT2D eigenvalue weighted by Gasteiger charge is 2.53. The molecule has 0 aromatic heterocycles. The number of halogens is 1. The second kappa shape index (κ2) is 6.22. The number of rotatable bonds is 6. The molecule has 0 saturated heterocycles. The predicted octanol–water partition coefficient (Wildman–Crippen LogP) is 4.72. The summed E-state index contributed by atoms with van der Waals surface area (Å²) in [5, 5.41) is 11.3. The van der Waals surface area contributed by atoms with Crippen molar-refractivity contribution in [2.75, 3.05) is 0 Å². The lowest BCUT2D eigenvalue weighted by molar-refractivity contribution is -0.386. The summed E-state index contributed by atoms with van der Waals surface area (Å²) in [6.45, 7) is 6.18. The Kier molecular flexibility index (Phi) is 4.77. The molecule has 1 aliphatic carbocycles. The van der Waals surface area contributed by atoms with Gasteiger partial charge < -0.3 is 4.74 Å². The molecule has 4 nitrogen and oxygen atoms in total. The Morgan fingerprint density at radius 1 is 1.38 bits per heavy atom. The molecule has 5 heteroatoms. The van der Waals surface area contributed by atoms with Gasteiger partial charge in [-0.2, -0.15) is 0 Å². The van der Waals surface area contributed by atoms with E-state index in [9.17, 15) is 10.1 Å². The van der Waals surface area contributed by atoms with E-state index in [1.54, 1.807) is 12.1 Å². The molecular formula is C16H22ClNO3. The van der Waals surface area contributed by atoms with Gasteiger partial charge in [0, 0.05) is 23.3 Å². The SMILES string of the molecule is CCc1ccc(OC2CC(Cl)C2(CC)CC)c([N+](=O)[O-])c1. The van der Waals surface area contributed by atoms with Gasteiger partial charge in [0.05, 0.1) is 4.92 Å². The molecule has 1 aromatic rings. The third kappa shape index (κ3) is 2.73. The lowest BCUT2D eigenvalue weighted by Crippen LogP contribution is -2.56. The van der Waals surface area contributed by atoms with Crippen molar-refractivity contribution in [1.29, 1.82) is 0 Å². The summed E-state index contributed by atoms with van der Waals surface area (Å²) in [4.78, 5) is 10.9. The number of hydrogen-bond donors (Lipinski definition) is 0. The van der Waals surface area contributed by atoms with Gasteiger partial charge in [0.15, 0.2) is 5.75 Å². The molecule has 1 saturated carbocycles. The van der Waals surface area contributed by atoms with Crippen LogP contribution < -0.4 is 4.74 Å². The third-order valence-corrected chi connectivity index (χ3v) is 5.51. The molecule has 0 amide bonds. The zero-order chi connectivity index (χ0) is 15.6. The highest BCUT2D eigenvalue weighted by atomic mass is 35.5. The number of nitrogens with zero attached hydrogens (tertiary/aromatic N) is 1. The van der Waals surface area contributed by atoms with Crippen LogP contribution in [0.25, 0.3) is 0 Å². The number of aryl methyl sites for hydroxylation is 1. The maximum Gasteiger partial charge on any atom is 0.311 e. The van der Waals surface area contributed by atoms with Crippen molar-refractivity contribution in [2.45, 2.75) is 57.9 Å². The Morgan fingerprint density at radius 2 is 2.05 bits per heavy atom. The quantitative estimate of drug-likeness (QED) is 0.434. The molecule has 0 radical (unpaired) electrons. The van der Waals surface area contributed by atoms with E-state index < -0.39 is 0 Å². The Bertz CT molecular complexity index is 528. The Hall–Kier alpha value is -1.29. The molecule has 116 valence electrons. The van der Waals surface area contributed by atoms with Crippen LogP contribution in [-0.4, -0.2) is 16.4 Å². The fourth-order valence-electron chi connectivity index (χ4n) is 3.19. The molecule has 1 fully saturated rings. The molecular weight excluding hydrogens is 290 g/mol. The minimum atomic E-state index is -0.370. The zero-order valence-electron chi connectivity index (χ0n) is 12.8. The van der Waals surface area contributed by atoms with E-state index in [4.69, 9.17) is 16.3 Å². The van der Waals surface area contributed by atoms with Crippen molar-refractivity contribution in [1.82, 2.24) is 0 Å². The van der Waals surface area contributed by atoms with Crippen molar-refractivity contribution in [3.63, 3.8) is 0 Å². The van der Waals surface area contributed by atoms with E-state index in [0.717, 1.165) is 31.2 Å². The van der Waals surface area contributed by atoms with Gasteiger partial charge in [0.25, 0.3) is 0 Å². The van der Waals surface area contributed by atoms with Crippen molar-refractivity contribution in [3.8, 4) is 5.75 Å². The Morgan fingerprint density at radius 3 is 2.52 bits per heavy atom. The summed E-state index contributed by atoms with van der Waals surface area (Å²) in [6.07, 6.45) is 3.31. The molecule has 2 atom stereocenters. The first-order valence-electron chi connectivity index (χ1n) is 7.56. The fraction of sp³-hybridized carbons (Fsp3) is 0.625. The smallest absolute Gasteiger partial charge is 0.311 e. The first-order chi connectivity index (χ1) is 9.98. The van der Waals surface area contributed by atoms with E-state index in [1.807, 2.05) is 13.0 Å². The topological polar surface area (TPSA) is 52.4 Å². The molecule has 21 heavy (non-hydrogen) atoms. The van der Waals surface area contributed by atoms with Crippen LogP contribution in [-0.2, 0) is 6.42 Å². The predicted molar refractivity (Wildman–Crippen MR) is 84.2 cm³/mol. The molecule has 0 aliphatic heterocycles. The van der Waals surface area contributed by atoms with Crippen molar-refractivity contribution < 1.29 is 9.66 Å². The van der Waals surface area contributed by atoms with E-state index in [1.165, 1.54) is 0 Å². The molecule has 2 rings (SSSR count). The van der Waals surface area contributed by atoms with E-state index >= 15 is 0 Å². The first-order valence-corrected chi connectivity index (χ1v) is 8.00. The summed E-state index contributed by atoms with van der Waals surface area (Å²) >= 11 is 6.37. The maximum absolute atomic E-state index is 11.2. The van der Waals surface area contributed by atoms with Gasteiger partial charge in [-0.3, -0.25) is 10.1 Å². The summed E-state index contributed by atoms with van der Waals surface area (Å²) in [6, 6.07) is 5.21. The molecule has 1 aromatic carbocycles. The largest absolute Gasteiger partial charge is 0.483 e. The van der Waals surface area contributed by atoms with Crippen LogP contribution >= 0.6 is 11.6 Å². The lowest BCUT2D eigenvalue weighted by atomic mass is 9.62. The number of nitro groups is 1. The van der Waals surface area contributed by atoms with Crippen LogP contribution in [0.2, 0.25) is 0 Å². The van der Waals surface area contributed by atoms with Crippen LogP contribution in [0.15, 0.2) is 18.2 Å². The van der Waals surface area contributed by atoms with Gasteiger partial charge in [0.2, 0.25) is 0 Å². The van der Waals surface area contributed by atoms with E-state index in [2.05, 4.69) is 13.8 Å². The van der Waals surface area contributed by atoms with Gasteiger partial charge in [-0.05, 0) is 30.9 Å². The number of alkyl halides is 1. The van der Waals surface area contributed by atoms with Gasteiger partial charge in [0.1, 0.15) is 6.10 Å². The summed E-state index contributed by atoms with van der Waals surface area (Å²) < 4.78 is 5.98. The summed E-state index contributed by atoms with van der Waals surface area (Å²) in [5.41, 5.74) is 0.919. The van der Waals surface area contributed by atoms with Crippen LogP contribution in [0.4, 0.5) is 5.69 Å². The molecule has 0 spiro atoms. The molecule has 0 bridgehead atoms. The highest BCUT2D eigenvalue weighted by molar-refractivity contribution is 6.21. The zero-order valence-corrected chi connectivity index (χ0v) is 13.5. The number of hydrogen-bond acceptors (Lipinski definition) is 3. The van der Waals surface area contributed by atoms with Crippen LogP contribution in [0.5, 0.6) is 5.75 Å². The van der Waals surface area contributed by atoms with Crippen molar-refractivity contribution in [3.05, 3.63) is 33.9 Å². The Balaban J connectivity index is 2.26. The van der Waals surface area contributed by atoms with Crippen molar-refractivity contribution >= 4 is 17.3 Å². The van der Waals surface area contributed by atoms with E-state index in [0.29, 0.717) is 5.75 Å². The highest BCUT2D eigenvalue weighted by Crippen LogP contribution is 2.52. The molecule has 2 unspecified atom stereocenters. The second-order valence-electron chi connectivity index (χ2n) is 5.66. The average molecular weight is 312 g/mol. The fourth-order valence-corrected chi connectivity index (χ4v) is 3.80. The van der Waals surface area contributed by atoms with Crippen LogP contribution in [0.3, 0.4) is 0 Å². The third-order valence-electron chi connectivity index (χ3n) is 4.90. The minimum Gasteiger partial charge on any atom is -0.483 e. The normalized spacial score (nSPS) is 23.4. The molecule has 1 aliphatic rings. The second-order valence-corrected chi connectivity index (χ2v) is 6.19. The molecule has 0 heterocycles. The molecule has 0 N–H and O–H groups in total. The van der Waals surface area contributed by atoms with Crippen LogP contribution in [0.1, 0.15) is 45.6 Å². The monoisotopic (exact) mass is 311 g/mol. The standard InChI is InChI=1S/C16H22ClNO3/c1-4-11-7-8-13(12(9-11)18(19)20)21-15-10-14(17)16(15,5-2)6-3/h7-9,14-15H,4-6,10H2,1-3H3. The van der Waals surface area contributed by atoms with Gasteiger partial charge >= 0.3 is 5.69 Å². The van der Waals surface area contributed by atoms with Crippen LogP contribution in [0, 0.1) is 15.5 Å². The first kappa shape index (κ1) is 16.1. The lowest BCUT2D eigenvalue weighted by Gasteiger charge is -2.52. The number of ether oxygens (including phenoxy) is 1. The van der Waals surface area contributed by atoms with Crippen molar-refractivity contribution in [2.24, 2.45) is 5.41 Å². The van der Waals surface area contributed by atoms with Gasteiger partial charge in [-0.25, -0.2) is 0 Å². The minimum absolute atomic E-state index is 0.0406. The van der Waals surface area contributed by atoms with Gasteiger partial charge in [-0.15, -0.1) is 11.6 Å². The number of nitro benzene ring substituents is 1. The van der Waals surface area contributed by atoms with E-state index in [-0.39, 0.29) is 27.5 Å². The Labute approximate surface area is 130 Å². The maximum atomic E-state index is 11.2. The van der Waals surface area contributed by atoms with Gasteiger partial charge in [-0.1, -0.05) is 26.8 Å². The number of benzene rings is 1. The summed E-state index contributed by atoms with van der Waals surface area (Å²) in [5.74, 6) is 0.358. The average Bonchev–Trinajstić information content (AvgIpc) is 2.48. The summed E-state index contributed by atoms with van der Waals surface area (Å²) in [7, 11) is 0.